The highest BCUT2D eigenvalue weighted by atomic mass is 19.4. The summed E-state index contributed by atoms with van der Waals surface area (Å²) in [4.78, 5) is 31.4. The van der Waals surface area contributed by atoms with E-state index in [1.165, 1.54) is 13.0 Å². The van der Waals surface area contributed by atoms with Crippen molar-refractivity contribution < 1.29 is 45.4 Å². The molecule has 1 saturated heterocycles. The van der Waals surface area contributed by atoms with Crippen LogP contribution in [0.2, 0.25) is 0 Å². The molecule has 3 N–H and O–H groups in total. The van der Waals surface area contributed by atoms with Crippen LogP contribution in [-0.4, -0.2) is 46.8 Å². The monoisotopic (exact) mass is 506 g/mol. The van der Waals surface area contributed by atoms with Gasteiger partial charge in [0.1, 0.15) is 23.2 Å². The van der Waals surface area contributed by atoms with Crippen LogP contribution in [0.15, 0.2) is 30.6 Å². The van der Waals surface area contributed by atoms with Crippen LogP contribution in [0.5, 0.6) is 5.75 Å². The normalized spacial score (nSPS) is 24.8. The first-order valence-corrected chi connectivity index (χ1v) is 10.0. The number of nitrogens with two attached hydrogens (primary N) is 1. The lowest BCUT2D eigenvalue weighted by Gasteiger charge is -2.31. The molecule has 0 radical (unpaired) electrons. The number of carbonyl (C=O) groups is 2. The van der Waals surface area contributed by atoms with Crippen LogP contribution in [-0.2, 0) is 15.7 Å². The van der Waals surface area contributed by atoms with Crippen LogP contribution in [0, 0.1) is 5.92 Å². The third kappa shape index (κ3) is 4.88. The molecule has 0 spiro atoms. The molecule has 35 heavy (non-hydrogen) atoms. The van der Waals surface area contributed by atoms with Crippen molar-refractivity contribution in [3.05, 3.63) is 47.5 Å². The number of primary amides is 1. The number of aromatic nitrogens is 2. The topological polar surface area (TPSA) is 116 Å². The first-order chi connectivity index (χ1) is 16.1. The van der Waals surface area contributed by atoms with E-state index in [-0.39, 0.29) is 16.9 Å². The minimum atomic E-state index is -4.93. The van der Waals surface area contributed by atoms with Crippen LogP contribution in [0.1, 0.15) is 41.5 Å². The summed E-state index contributed by atoms with van der Waals surface area (Å²) >= 11 is 0. The zero-order chi connectivity index (χ0) is 26.3. The summed E-state index contributed by atoms with van der Waals surface area (Å²) in [6, 6.07) is 2.92. The summed E-state index contributed by atoms with van der Waals surface area (Å²) in [7, 11) is 1.04. The Morgan fingerprint density at radius 1 is 1.17 bits per heavy atom. The number of anilines is 1. The maximum Gasteiger partial charge on any atom is 0.433 e. The fourth-order valence-corrected chi connectivity index (χ4v) is 3.91. The smallest absolute Gasteiger partial charge is 0.433 e. The van der Waals surface area contributed by atoms with E-state index in [0.717, 1.165) is 32.5 Å². The molecule has 3 heterocycles. The summed E-state index contributed by atoms with van der Waals surface area (Å²) in [5.74, 6) is -5.20. The molecule has 2 aromatic heterocycles. The van der Waals surface area contributed by atoms with Crippen molar-refractivity contribution in [3.63, 3.8) is 0 Å². The van der Waals surface area contributed by atoms with Gasteiger partial charge in [0.2, 0.25) is 0 Å². The van der Waals surface area contributed by atoms with Crippen LogP contribution in [0.3, 0.4) is 0 Å². The van der Waals surface area contributed by atoms with Gasteiger partial charge in [-0.15, -0.1) is 0 Å². The third-order valence-corrected chi connectivity index (χ3v) is 5.97. The van der Waals surface area contributed by atoms with Gasteiger partial charge in [0, 0.05) is 41.5 Å². The van der Waals surface area contributed by atoms with E-state index < -0.39 is 59.2 Å². The van der Waals surface area contributed by atoms with E-state index >= 15 is 0 Å². The Balaban J connectivity index is 2.07. The molecule has 1 fully saturated rings. The number of amides is 2. The highest BCUT2D eigenvalue weighted by Crippen LogP contribution is 2.54. The molecular weight excluding hydrogens is 486 g/mol. The van der Waals surface area contributed by atoms with E-state index in [1.807, 2.05) is 0 Å². The summed E-state index contributed by atoms with van der Waals surface area (Å²) < 4.78 is 91.5. The van der Waals surface area contributed by atoms with Crippen molar-refractivity contribution >= 4 is 17.5 Å². The van der Waals surface area contributed by atoms with Gasteiger partial charge in [-0.1, -0.05) is 6.92 Å². The van der Waals surface area contributed by atoms with Gasteiger partial charge in [-0.3, -0.25) is 19.6 Å². The second-order valence-electron chi connectivity index (χ2n) is 8.05. The fourth-order valence-electron chi connectivity index (χ4n) is 3.91. The van der Waals surface area contributed by atoms with Gasteiger partial charge in [-0.05, 0) is 19.1 Å². The standard InChI is InChI=1S/C21H20F6N4O4/c1-9-15(11-8-30-14(20(22,23)24)7-13(11)34-3)16(35-19(9,2)21(25,26)27)18(33)31-10-4-5-29-12(6-10)17(28)32/h4-9,15-16H,1-3H3,(H2,28,32)(H,29,31,33)/t9-,15-,16+,19+/m1/s1. The van der Waals surface area contributed by atoms with Gasteiger partial charge >= 0.3 is 12.4 Å². The number of rotatable bonds is 5. The van der Waals surface area contributed by atoms with Crippen molar-refractivity contribution in [2.24, 2.45) is 11.7 Å². The molecule has 0 bridgehead atoms. The first kappa shape index (κ1) is 26.2. The van der Waals surface area contributed by atoms with Gasteiger partial charge in [0.05, 0.1) is 7.11 Å². The van der Waals surface area contributed by atoms with E-state index in [4.69, 9.17) is 15.2 Å². The van der Waals surface area contributed by atoms with E-state index in [1.54, 1.807) is 0 Å². The van der Waals surface area contributed by atoms with Crippen molar-refractivity contribution in [2.45, 2.75) is 43.8 Å². The largest absolute Gasteiger partial charge is 0.496 e. The third-order valence-electron chi connectivity index (χ3n) is 5.97. The molecule has 0 aromatic carbocycles. The number of ether oxygens (including phenoxy) is 2. The lowest BCUT2D eigenvalue weighted by atomic mass is 9.77. The molecule has 1 aliphatic heterocycles. The van der Waals surface area contributed by atoms with Crippen molar-refractivity contribution in [2.75, 3.05) is 12.4 Å². The van der Waals surface area contributed by atoms with E-state index in [0.29, 0.717) is 6.07 Å². The molecule has 190 valence electrons. The molecule has 0 aliphatic carbocycles. The van der Waals surface area contributed by atoms with Crippen LogP contribution >= 0.6 is 0 Å². The molecule has 2 aromatic rings. The number of methoxy groups -OCH3 is 1. The molecule has 3 rings (SSSR count). The first-order valence-electron chi connectivity index (χ1n) is 10.0. The van der Waals surface area contributed by atoms with Gasteiger partial charge in [0.25, 0.3) is 11.8 Å². The minimum Gasteiger partial charge on any atom is -0.496 e. The maximum atomic E-state index is 14.0. The quantitative estimate of drug-likeness (QED) is 0.598. The number of hydrogen-bond acceptors (Lipinski definition) is 6. The van der Waals surface area contributed by atoms with E-state index in [2.05, 4.69) is 15.3 Å². The molecule has 14 heteroatoms. The Kier molecular flexibility index (Phi) is 6.72. The second kappa shape index (κ2) is 8.98. The minimum absolute atomic E-state index is 0.00748. The predicted molar refractivity (Wildman–Crippen MR) is 108 cm³/mol. The van der Waals surface area contributed by atoms with Gasteiger partial charge in [-0.25, -0.2) is 0 Å². The Morgan fingerprint density at radius 3 is 2.37 bits per heavy atom. The highest BCUT2D eigenvalue weighted by Gasteiger charge is 2.66. The molecule has 8 nitrogen and oxygen atoms in total. The van der Waals surface area contributed by atoms with Crippen molar-refractivity contribution in [1.82, 2.24) is 9.97 Å². The fraction of sp³-hybridized carbons (Fsp3) is 0.429. The number of hydrogen-bond donors (Lipinski definition) is 2. The SMILES string of the molecule is COc1cc(C(F)(F)F)ncc1[C@@H]1[C@@H](C(=O)Nc2ccnc(C(N)=O)c2)O[C@](C)(C(F)(F)F)[C@@H]1C. The van der Waals surface area contributed by atoms with Crippen LogP contribution in [0.4, 0.5) is 32.0 Å². The summed E-state index contributed by atoms with van der Waals surface area (Å²) in [5.41, 5.74) is 0.602. The number of carbonyl (C=O) groups excluding carboxylic acids is 2. The molecule has 0 unspecified atom stereocenters. The molecular formula is C21H20F6N4O4. The number of alkyl halides is 6. The van der Waals surface area contributed by atoms with Crippen molar-refractivity contribution in [1.29, 1.82) is 0 Å². The molecule has 1 aliphatic rings. The molecule has 0 saturated carbocycles. The zero-order valence-electron chi connectivity index (χ0n) is 18.5. The van der Waals surface area contributed by atoms with Crippen molar-refractivity contribution in [3.8, 4) is 5.75 Å². The lowest BCUT2D eigenvalue weighted by molar-refractivity contribution is -0.272. The number of nitrogens with one attached hydrogen (secondary N) is 1. The highest BCUT2D eigenvalue weighted by molar-refractivity contribution is 5.97. The Labute approximate surface area is 194 Å². The van der Waals surface area contributed by atoms with E-state index in [9.17, 15) is 35.9 Å². The Morgan fingerprint density at radius 2 is 1.83 bits per heavy atom. The second-order valence-corrected chi connectivity index (χ2v) is 8.05. The number of halogens is 6. The Bertz CT molecular complexity index is 1140. The Hall–Kier alpha value is -3.42. The lowest BCUT2D eigenvalue weighted by Crippen LogP contribution is -2.47. The zero-order valence-corrected chi connectivity index (χ0v) is 18.5. The van der Waals surface area contributed by atoms with Crippen LogP contribution < -0.4 is 15.8 Å². The summed E-state index contributed by atoms with van der Waals surface area (Å²) in [5, 5.41) is 2.34. The summed E-state index contributed by atoms with van der Waals surface area (Å²) in [6.45, 7) is 1.92. The molecule has 2 amide bonds. The predicted octanol–water partition coefficient (Wildman–Crippen LogP) is 3.68. The summed E-state index contributed by atoms with van der Waals surface area (Å²) in [6.07, 6.45) is -9.70. The number of pyridine rings is 2. The van der Waals surface area contributed by atoms with Gasteiger partial charge in [-0.2, -0.15) is 26.3 Å². The average Bonchev–Trinajstić information content (AvgIpc) is 3.04. The average molecular weight is 506 g/mol. The maximum absolute atomic E-state index is 14.0. The molecule has 4 atom stereocenters. The van der Waals surface area contributed by atoms with Gasteiger partial charge in [0.15, 0.2) is 5.60 Å². The van der Waals surface area contributed by atoms with Crippen LogP contribution in [0.25, 0.3) is 0 Å². The van der Waals surface area contributed by atoms with Gasteiger partial charge < -0.3 is 20.5 Å². The number of nitrogens with zero attached hydrogens (tertiary/aromatic N) is 2.